The molecule has 2 amide bonds. The molecular formula is C20H20N2O4. The van der Waals surface area contributed by atoms with E-state index in [1.54, 1.807) is 17.0 Å². The normalized spacial score (nSPS) is 14.3. The van der Waals surface area contributed by atoms with E-state index in [2.05, 4.69) is 6.07 Å². The summed E-state index contributed by atoms with van der Waals surface area (Å²) in [5, 5.41) is 0. The van der Waals surface area contributed by atoms with Crippen LogP contribution in [0.15, 0.2) is 42.5 Å². The van der Waals surface area contributed by atoms with Crippen LogP contribution in [0.1, 0.15) is 18.9 Å². The molecule has 0 saturated heterocycles. The number of hydrogen-bond donors (Lipinski definition) is 0. The highest BCUT2D eigenvalue weighted by molar-refractivity contribution is 5.97. The van der Waals surface area contributed by atoms with E-state index < -0.39 is 0 Å². The van der Waals surface area contributed by atoms with Gasteiger partial charge in [0.25, 0.3) is 0 Å². The lowest BCUT2D eigenvalue weighted by atomic mass is 10.2. The predicted octanol–water partition coefficient (Wildman–Crippen LogP) is 2.75. The van der Waals surface area contributed by atoms with Gasteiger partial charge in [0.05, 0.1) is 0 Å². The van der Waals surface area contributed by atoms with E-state index >= 15 is 0 Å². The summed E-state index contributed by atoms with van der Waals surface area (Å²) in [6, 6.07) is 13.3. The lowest BCUT2D eigenvalue weighted by molar-refractivity contribution is -0.118. The molecule has 26 heavy (non-hydrogen) atoms. The van der Waals surface area contributed by atoms with E-state index in [-0.39, 0.29) is 25.0 Å². The summed E-state index contributed by atoms with van der Waals surface area (Å²) in [4.78, 5) is 28.2. The predicted molar refractivity (Wildman–Crippen MR) is 97.7 cm³/mol. The zero-order chi connectivity index (χ0) is 18.1. The van der Waals surface area contributed by atoms with Gasteiger partial charge in [-0.05, 0) is 30.2 Å². The summed E-state index contributed by atoms with van der Waals surface area (Å²) in [6.07, 6.45) is 1.14. The van der Waals surface area contributed by atoms with E-state index in [4.69, 9.17) is 9.47 Å². The van der Waals surface area contributed by atoms with Crippen molar-refractivity contribution >= 4 is 23.2 Å². The molecule has 0 fully saturated rings. The average molecular weight is 352 g/mol. The molecular weight excluding hydrogens is 332 g/mol. The molecule has 0 N–H and O–H groups in total. The molecule has 4 rings (SSSR count). The summed E-state index contributed by atoms with van der Waals surface area (Å²) in [5.41, 5.74) is 2.88. The number of amides is 2. The Balaban J connectivity index is 1.46. The summed E-state index contributed by atoms with van der Waals surface area (Å²) in [6.45, 7) is 2.71. The SMILES string of the molecule is CC(=O)N(CCC(=O)N1CCc2ccccc21)c1ccc2c(c1)OCO2. The van der Waals surface area contributed by atoms with Crippen LogP contribution in [0.2, 0.25) is 0 Å². The van der Waals surface area contributed by atoms with E-state index in [9.17, 15) is 9.59 Å². The van der Waals surface area contributed by atoms with E-state index in [1.807, 2.05) is 29.2 Å². The maximum atomic E-state index is 12.7. The molecule has 0 spiro atoms. The first kappa shape index (κ1) is 16.4. The van der Waals surface area contributed by atoms with Crippen molar-refractivity contribution in [1.29, 1.82) is 0 Å². The second-order valence-electron chi connectivity index (χ2n) is 6.38. The third kappa shape index (κ3) is 2.98. The molecule has 0 atom stereocenters. The van der Waals surface area contributed by atoms with Crippen LogP contribution in [0, 0.1) is 0 Å². The van der Waals surface area contributed by atoms with E-state index in [0.29, 0.717) is 30.3 Å². The minimum absolute atomic E-state index is 0.0296. The number of hydrogen-bond acceptors (Lipinski definition) is 4. The Hall–Kier alpha value is -3.02. The molecule has 2 aliphatic heterocycles. The van der Waals surface area contributed by atoms with Crippen molar-refractivity contribution in [2.24, 2.45) is 0 Å². The largest absolute Gasteiger partial charge is 0.454 e. The topological polar surface area (TPSA) is 59.1 Å². The van der Waals surface area contributed by atoms with Crippen LogP contribution >= 0.6 is 0 Å². The zero-order valence-corrected chi connectivity index (χ0v) is 14.6. The molecule has 134 valence electrons. The summed E-state index contributed by atoms with van der Waals surface area (Å²) in [7, 11) is 0. The summed E-state index contributed by atoms with van der Waals surface area (Å²) < 4.78 is 10.7. The summed E-state index contributed by atoms with van der Waals surface area (Å²) >= 11 is 0. The number of nitrogens with zero attached hydrogens (tertiary/aromatic N) is 2. The van der Waals surface area contributed by atoms with Crippen LogP contribution in [0.4, 0.5) is 11.4 Å². The molecule has 0 bridgehead atoms. The van der Waals surface area contributed by atoms with Crippen molar-refractivity contribution in [3.8, 4) is 11.5 Å². The number of carbonyl (C=O) groups is 2. The third-order valence-corrected chi connectivity index (χ3v) is 4.79. The fraction of sp³-hybridized carbons (Fsp3) is 0.300. The van der Waals surface area contributed by atoms with Crippen LogP contribution in [-0.4, -0.2) is 31.7 Å². The van der Waals surface area contributed by atoms with Gasteiger partial charge in [-0.15, -0.1) is 0 Å². The molecule has 2 aromatic rings. The molecule has 6 heteroatoms. The lowest BCUT2D eigenvalue weighted by Crippen LogP contribution is -2.35. The number of anilines is 2. The van der Waals surface area contributed by atoms with Gasteiger partial charge in [0.1, 0.15) is 0 Å². The van der Waals surface area contributed by atoms with Crippen molar-refractivity contribution in [2.75, 3.05) is 29.7 Å². The molecule has 6 nitrogen and oxygen atoms in total. The Morgan fingerprint density at radius 2 is 1.92 bits per heavy atom. The first-order valence-corrected chi connectivity index (χ1v) is 8.69. The molecule has 0 radical (unpaired) electrons. The zero-order valence-electron chi connectivity index (χ0n) is 14.6. The highest BCUT2D eigenvalue weighted by Gasteiger charge is 2.25. The molecule has 2 aromatic carbocycles. The Kier molecular flexibility index (Phi) is 4.24. The average Bonchev–Trinajstić information content (AvgIpc) is 3.27. The molecule has 0 saturated carbocycles. The van der Waals surface area contributed by atoms with Gasteiger partial charge in [0, 0.05) is 43.9 Å². The number of carbonyl (C=O) groups excluding carboxylic acids is 2. The van der Waals surface area contributed by atoms with Gasteiger partial charge in [-0.2, -0.15) is 0 Å². The Morgan fingerprint density at radius 1 is 1.12 bits per heavy atom. The monoisotopic (exact) mass is 352 g/mol. The molecule has 2 heterocycles. The maximum Gasteiger partial charge on any atom is 0.231 e. The van der Waals surface area contributed by atoms with Gasteiger partial charge < -0.3 is 19.3 Å². The molecule has 0 aliphatic carbocycles. The van der Waals surface area contributed by atoms with Crippen molar-refractivity contribution < 1.29 is 19.1 Å². The fourth-order valence-electron chi connectivity index (χ4n) is 3.46. The van der Waals surface area contributed by atoms with Crippen molar-refractivity contribution in [3.05, 3.63) is 48.0 Å². The van der Waals surface area contributed by atoms with Gasteiger partial charge >= 0.3 is 0 Å². The van der Waals surface area contributed by atoms with Gasteiger partial charge in [-0.3, -0.25) is 9.59 Å². The number of rotatable bonds is 4. The smallest absolute Gasteiger partial charge is 0.231 e. The highest BCUT2D eigenvalue weighted by Crippen LogP contribution is 2.35. The molecule has 2 aliphatic rings. The van der Waals surface area contributed by atoms with Crippen molar-refractivity contribution in [1.82, 2.24) is 0 Å². The van der Waals surface area contributed by atoms with Crippen LogP contribution in [-0.2, 0) is 16.0 Å². The standard InChI is InChI=1S/C20H20N2O4/c1-14(23)21(16-6-7-18-19(12-16)26-13-25-18)11-9-20(24)22-10-8-15-4-2-3-5-17(15)22/h2-7,12H,8-11,13H2,1H3. The number of fused-ring (bicyclic) bond motifs is 2. The Bertz CT molecular complexity index is 865. The minimum atomic E-state index is -0.113. The van der Waals surface area contributed by atoms with Crippen LogP contribution in [0.25, 0.3) is 0 Å². The Morgan fingerprint density at radius 3 is 2.77 bits per heavy atom. The van der Waals surface area contributed by atoms with Crippen LogP contribution in [0.3, 0.4) is 0 Å². The number of ether oxygens (including phenoxy) is 2. The fourth-order valence-corrected chi connectivity index (χ4v) is 3.46. The first-order chi connectivity index (χ1) is 12.6. The highest BCUT2D eigenvalue weighted by atomic mass is 16.7. The van der Waals surface area contributed by atoms with Gasteiger partial charge in [0.15, 0.2) is 11.5 Å². The lowest BCUT2D eigenvalue weighted by Gasteiger charge is -2.23. The molecule has 0 unspecified atom stereocenters. The van der Waals surface area contributed by atoms with Crippen LogP contribution in [0.5, 0.6) is 11.5 Å². The second-order valence-corrected chi connectivity index (χ2v) is 6.38. The van der Waals surface area contributed by atoms with Gasteiger partial charge in [-0.1, -0.05) is 18.2 Å². The number of para-hydroxylation sites is 1. The number of benzene rings is 2. The van der Waals surface area contributed by atoms with E-state index in [0.717, 1.165) is 12.1 Å². The quantitative estimate of drug-likeness (QED) is 0.849. The van der Waals surface area contributed by atoms with Gasteiger partial charge in [-0.25, -0.2) is 0 Å². The van der Waals surface area contributed by atoms with Gasteiger partial charge in [0.2, 0.25) is 18.6 Å². The minimum Gasteiger partial charge on any atom is -0.454 e. The van der Waals surface area contributed by atoms with E-state index in [1.165, 1.54) is 12.5 Å². The molecule has 0 aromatic heterocycles. The maximum absolute atomic E-state index is 12.7. The van der Waals surface area contributed by atoms with Crippen molar-refractivity contribution in [2.45, 2.75) is 19.8 Å². The Labute approximate surface area is 151 Å². The first-order valence-electron chi connectivity index (χ1n) is 8.69. The summed E-state index contributed by atoms with van der Waals surface area (Å²) in [5.74, 6) is 1.20. The van der Waals surface area contributed by atoms with Crippen LogP contribution < -0.4 is 19.3 Å². The second kappa shape index (κ2) is 6.71. The third-order valence-electron chi connectivity index (χ3n) is 4.79. The van der Waals surface area contributed by atoms with Crippen molar-refractivity contribution in [3.63, 3.8) is 0 Å².